The van der Waals surface area contributed by atoms with Gasteiger partial charge >= 0.3 is 5.97 Å². The van der Waals surface area contributed by atoms with E-state index in [0.717, 1.165) is 25.9 Å². The van der Waals surface area contributed by atoms with E-state index in [0.29, 0.717) is 5.92 Å². The van der Waals surface area contributed by atoms with Crippen molar-refractivity contribution in [1.29, 1.82) is 0 Å². The van der Waals surface area contributed by atoms with Crippen LogP contribution in [0.5, 0.6) is 0 Å². The van der Waals surface area contributed by atoms with Crippen molar-refractivity contribution in [2.24, 2.45) is 5.92 Å². The molecule has 2 aliphatic rings. The Balaban J connectivity index is 2.07. The van der Waals surface area contributed by atoms with Crippen molar-refractivity contribution in [3.8, 4) is 0 Å². The van der Waals surface area contributed by atoms with E-state index in [-0.39, 0.29) is 23.3 Å². The maximum atomic E-state index is 11.2. The van der Waals surface area contributed by atoms with Crippen molar-refractivity contribution in [3.63, 3.8) is 0 Å². The Bertz CT molecular complexity index is 311. The molecule has 0 radical (unpaired) electrons. The van der Waals surface area contributed by atoms with Gasteiger partial charge in [-0.05, 0) is 39.0 Å². The first-order valence-electron chi connectivity index (χ1n) is 6.26. The van der Waals surface area contributed by atoms with Gasteiger partial charge in [-0.2, -0.15) is 0 Å². The Labute approximate surface area is 103 Å². The first-order chi connectivity index (χ1) is 7.89. The fourth-order valence-corrected chi connectivity index (χ4v) is 2.76. The van der Waals surface area contributed by atoms with Gasteiger partial charge in [0.05, 0.1) is 12.2 Å². The first-order valence-corrected chi connectivity index (χ1v) is 6.26. The fraction of sp³-hybridized carbons (Fsp3) is 0.923. The van der Waals surface area contributed by atoms with E-state index in [1.54, 1.807) is 7.11 Å². The molecule has 2 fully saturated rings. The van der Waals surface area contributed by atoms with E-state index in [2.05, 4.69) is 6.92 Å². The van der Waals surface area contributed by atoms with Gasteiger partial charge in [-0.15, -0.1) is 0 Å². The summed E-state index contributed by atoms with van der Waals surface area (Å²) in [6.07, 6.45) is 2.65. The van der Waals surface area contributed by atoms with E-state index in [1.807, 2.05) is 6.92 Å². The molecule has 1 aliphatic heterocycles. The van der Waals surface area contributed by atoms with E-state index in [9.17, 15) is 4.79 Å². The SMILES string of the molecule is COC1(C)CCC(C2(C)CO2)CC1OC(C)=O. The highest BCUT2D eigenvalue weighted by Gasteiger charge is 2.53. The van der Waals surface area contributed by atoms with Crippen LogP contribution in [0.15, 0.2) is 0 Å². The van der Waals surface area contributed by atoms with Gasteiger partial charge in [-0.3, -0.25) is 4.79 Å². The van der Waals surface area contributed by atoms with Crippen molar-refractivity contribution in [3.05, 3.63) is 0 Å². The van der Waals surface area contributed by atoms with Crippen LogP contribution in [0.3, 0.4) is 0 Å². The van der Waals surface area contributed by atoms with Gasteiger partial charge in [0.25, 0.3) is 0 Å². The zero-order valence-electron chi connectivity index (χ0n) is 11.1. The van der Waals surface area contributed by atoms with Crippen LogP contribution in [0, 0.1) is 5.92 Å². The van der Waals surface area contributed by atoms with Gasteiger partial charge in [0.2, 0.25) is 0 Å². The molecule has 0 aromatic rings. The quantitative estimate of drug-likeness (QED) is 0.560. The summed E-state index contributed by atoms with van der Waals surface area (Å²) >= 11 is 0. The average Bonchev–Trinajstić information content (AvgIpc) is 3.00. The Hall–Kier alpha value is -0.610. The molecule has 1 saturated carbocycles. The molecule has 0 aromatic heterocycles. The molecule has 0 amide bonds. The number of methoxy groups -OCH3 is 1. The van der Waals surface area contributed by atoms with Crippen LogP contribution >= 0.6 is 0 Å². The van der Waals surface area contributed by atoms with Crippen molar-refractivity contribution < 1.29 is 19.0 Å². The van der Waals surface area contributed by atoms with Crippen LogP contribution in [-0.2, 0) is 19.0 Å². The maximum Gasteiger partial charge on any atom is 0.303 e. The summed E-state index contributed by atoms with van der Waals surface area (Å²) in [7, 11) is 1.69. The van der Waals surface area contributed by atoms with Crippen LogP contribution in [0.4, 0.5) is 0 Å². The summed E-state index contributed by atoms with van der Waals surface area (Å²) in [4.78, 5) is 11.2. The summed E-state index contributed by atoms with van der Waals surface area (Å²) in [5, 5.41) is 0. The lowest BCUT2D eigenvalue weighted by atomic mass is 9.73. The molecule has 0 N–H and O–H groups in total. The molecule has 0 aromatic carbocycles. The summed E-state index contributed by atoms with van der Waals surface area (Å²) in [6, 6.07) is 0. The lowest BCUT2D eigenvalue weighted by Crippen LogP contribution is -2.50. The molecule has 4 unspecified atom stereocenters. The Morgan fingerprint density at radius 1 is 1.41 bits per heavy atom. The zero-order chi connectivity index (χ0) is 12.7. The maximum absolute atomic E-state index is 11.2. The number of carbonyl (C=O) groups is 1. The highest BCUT2D eigenvalue weighted by molar-refractivity contribution is 5.66. The number of ether oxygens (including phenoxy) is 3. The standard InChI is InChI=1S/C13H22O4/c1-9(14)17-11-7-10(13(3)8-16-13)5-6-12(11,2)15-4/h10-11H,5-8H2,1-4H3. The Morgan fingerprint density at radius 3 is 2.53 bits per heavy atom. The Kier molecular flexibility index (Phi) is 3.21. The number of esters is 1. The lowest BCUT2D eigenvalue weighted by Gasteiger charge is -2.43. The summed E-state index contributed by atoms with van der Waals surface area (Å²) in [5.41, 5.74) is -0.346. The van der Waals surface area contributed by atoms with Gasteiger partial charge in [0, 0.05) is 14.0 Å². The van der Waals surface area contributed by atoms with Gasteiger partial charge in [0.15, 0.2) is 0 Å². The summed E-state index contributed by atoms with van der Waals surface area (Å²) in [6.45, 7) is 6.44. The topological polar surface area (TPSA) is 48.1 Å². The molecule has 1 aliphatic carbocycles. The van der Waals surface area contributed by atoms with Crippen LogP contribution < -0.4 is 0 Å². The third kappa shape index (κ3) is 2.47. The van der Waals surface area contributed by atoms with Gasteiger partial charge < -0.3 is 14.2 Å². The largest absolute Gasteiger partial charge is 0.459 e. The van der Waals surface area contributed by atoms with Crippen LogP contribution in [0.25, 0.3) is 0 Å². The molecule has 1 heterocycles. The molecule has 0 bridgehead atoms. The first kappa shape index (κ1) is 12.8. The fourth-order valence-electron chi connectivity index (χ4n) is 2.76. The van der Waals surface area contributed by atoms with Crippen LogP contribution in [-0.4, -0.2) is 37.0 Å². The minimum absolute atomic E-state index is 0.00741. The lowest BCUT2D eigenvalue weighted by molar-refractivity contribution is -0.177. The van der Waals surface area contributed by atoms with Crippen molar-refractivity contribution in [1.82, 2.24) is 0 Å². The minimum Gasteiger partial charge on any atom is -0.459 e. The number of epoxide rings is 1. The van der Waals surface area contributed by atoms with Crippen molar-refractivity contribution >= 4 is 5.97 Å². The number of hydrogen-bond acceptors (Lipinski definition) is 4. The van der Waals surface area contributed by atoms with E-state index < -0.39 is 0 Å². The van der Waals surface area contributed by atoms with Gasteiger partial charge in [-0.25, -0.2) is 0 Å². The number of rotatable bonds is 3. The average molecular weight is 242 g/mol. The van der Waals surface area contributed by atoms with E-state index in [4.69, 9.17) is 14.2 Å². The molecule has 2 rings (SSSR count). The van der Waals surface area contributed by atoms with Gasteiger partial charge in [-0.1, -0.05) is 0 Å². The second-order valence-electron chi connectivity index (χ2n) is 5.69. The molecule has 0 spiro atoms. The molecule has 4 atom stereocenters. The monoisotopic (exact) mass is 242 g/mol. The summed E-state index contributed by atoms with van der Waals surface area (Å²) in [5.74, 6) is 0.232. The molecule has 4 heteroatoms. The number of hydrogen-bond donors (Lipinski definition) is 0. The van der Waals surface area contributed by atoms with Crippen LogP contribution in [0.1, 0.15) is 40.0 Å². The summed E-state index contributed by atoms with van der Waals surface area (Å²) < 4.78 is 16.5. The molecule has 1 saturated heterocycles. The second kappa shape index (κ2) is 4.25. The third-order valence-electron chi connectivity index (χ3n) is 4.41. The smallest absolute Gasteiger partial charge is 0.303 e. The van der Waals surface area contributed by atoms with E-state index in [1.165, 1.54) is 6.92 Å². The third-order valence-corrected chi connectivity index (χ3v) is 4.41. The van der Waals surface area contributed by atoms with Gasteiger partial charge in [0.1, 0.15) is 11.7 Å². The minimum atomic E-state index is -0.354. The molecule has 98 valence electrons. The second-order valence-corrected chi connectivity index (χ2v) is 5.69. The highest BCUT2D eigenvalue weighted by atomic mass is 16.6. The Morgan fingerprint density at radius 2 is 2.06 bits per heavy atom. The van der Waals surface area contributed by atoms with Crippen molar-refractivity contribution in [2.45, 2.75) is 57.3 Å². The van der Waals surface area contributed by atoms with Crippen LogP contribution in [0.2, 0.25) is 0 Å². The predicted molar refractivity (Wildman–Crippen MR) is 62.7 cm³/mol. The molecule has 17 heavy (non-hydrogen) atoms. The molecule has 4 nitrogen and oxygen atoms in total. The zero-order valence-corrected chi connectivity index (χ0v) is 11.1. The molecular formula is C13H22O4. The molecular weight excluding hydrogens is 220 g/mol. The van der Waals surface area contributed by atoms with E-state index >= 15 is 0 Å². The predicted octanol–water partition coefficient (Wildman–Crippen LogP) is 1.91. The van der Waals surface area contributed by atoms with Crippen molar-refractivity contribution in [2.75, 3.05) is 13.7 Å². The number of carbonyl (C=O) groups excluding carboxylic acids is 1. The highest BCUT2D eigenvalue weighted by Crippen LogP contribution is 2.46. The normalized spacial score (nSPS) is 45.4.